The number of nitrogens with zero attached hydrogens (tertiary/aromatic N) is 1. The molecule has 0 aliphatic heterocycles. The molecule has 0 saturated carbocycles. The second-order valence-corrected chi connectivity index (χ2v) is 3.30. The van der Waals surface area contributed by atoms with Crippen molar-refractivity contribution < 1.29 is 27.4 Å². The molecule has 0 aromatic carbocycles. The third-order valence-electron chi connectivity index (χ3n) is 2.17. The molecule has 4 nitrogen and oxygen atoms in total. The maximum absolute atomic E-state index is 13.4. The largest absolute Gasteiger partial charge is 0.496 e. The number of hydrogen-bond acceptors (Lipinski definition) is 4. The molecular formula is C11H12F3NO3. The molecule has 1 aromatic rings. The van der Waals surface area contributed by atoms with Crippen LogP contribution in [0.3, 0.4) is 0 Å². The van der Waals surface area contributed by atoms with E-state index in [2.05, 4.69) is 9.72 Å². The highest BCUT2D eigenvalue weighted by Gasteiger charge is 2.23. The quantitative estimate of drug-likeness (QED) is 0.604. The fourth-order valence-corrected chi connectivity index (χ4v) is 1.44. The highest BCUT2D eigenvalue weighted by Crippen LogP contribution is 2.32. The zero-order valence-electron chi connectivity index (χ0n) is 9.87. The Morgan fingerprint density at radius 2 is 2.17 bits per heavy atom. The van der Waals surface area contributed by atoms with E-state index in [9.17, 15) is 18.0 Å². The molecule has 18 heavy (non-hydrogen) atoms. The number of carbonyl (C=O) groups is 1. The van der Waals surface area contributed by atoms with Gasteiger partial charge in [0, 0.05) is 6.20 Å². The number of aromatic nitrogens is 1. The first-order chi connectivity index (χ1) is 8.51. The smallest absolute Gasteiger partial charge is 0.310 e. The molecule has 1 rings (SSSR count). The van der Waals surface area contributed by atoms with Crippen LogP contribution in [0, 0.1) is 5.95 Å². The number of ether oxygens (including phenoxy) is 2. The molecule has 0 bridgehead atoms. The van der Waals surface area contributed by atoms with Crippen molar-refractivity contribution in [3.05, 3.63) is 23.3 Å². The number of carbonyl (C=O) groups excluding carboxylic acids is 1. The Balaban J connectivity index is 3.15. The molecule has 0 aliphatic rings. The van der Waals surface area contributed by atoms with Gasteiger partial charge >= 0.3 is 5.97 Å². The summed E-state index contributed by atoms with van der Waals surface area (Å²) >= 11 is 0. The van der Waals surface area contributed by atoms with Crippen LogP contribution in [0.5, 0.6) is 5.75 Å². The summed E-state index contributed by atoms with van der Waals surface area (Å²) in [4.78, 5) is 14.4. The molecule has 0 amide bonds. The van der Waals surface area contributed by atoms with Gasteiger partial charge in [0.2, 0.25) is 5.95 Å². The second kappa shape index (κ2) is 6.23. The average Bonchev–Trinajstić information content (AvgIpc) is 2.31. The molecule has 0 unspecified atom stereocenters. The number of rotatable bonds is 5. The van der Waals surface area contributed by atoms with Gasteiger partial charge in [0.1, 0.15) is 5.75 Å². The Bertz CT molecular complexity index is 438. The first-order valence-corrected chi connectivity index (χ1v) is 5.16. The van der Waals surface area contributed by atoms with Crippen LogP contribution in [0.15, 0.2) is 6.20 Å². The number of methoxy groups -OCH3 is 1. The topological polar surface area (TPSA) is 48.4 Å². The van der Waals surface area contributed by atoms with Crippen molar-refractivity contribution in [2.75, 3.05) is 13.7 Å². The van der Waals surface area contributed by atoms with Crippen molar-refractivity contribution in [3.63, 3.8) is 0 Å². The Labute approximate surface area is 102 Å². The van der Waals surface area contributed by atoms with Crippen LogP contribution in [0.1, 0.15) is 24.5 Å². The van der Waals surface area contributed by atoms with Crippen LogP contribution >= 0.6 is 0 Å². The summed E-state index contributed by atoms with van der Waals surface area (Å²) in [5.41, 5.74) is -0.882. The van der Waals surface area contributed by atoms with Gasteiger partial charge in [-0.25, -0.2) is 13.8 Å². The van der Waals surface area contributed by atoms with Crippen LogP contribution in [-0.2, 0) is 16.0 Å². The predicted molar refractivity (Wildman–Crippen MR) is 56.0 cm³/mol. The molecule has 100 valence electrons. The van der Waals surface area contributed by atoms with E-state index in [1.54, 1.807) is 6.92 Å². The fraction of sp³-hybridized carbons (Fsp3) is 0.455. The molecule has 0 saturated heterocycles. The summed E-state index contributed by atoms with van der Waals surface area (Å²) in [6, 6.07) is 0. The van der Waals surface area contributed by atoms with Crippen LogP contribution < -0.4 is 4.74 Å². The third-order valence-corrected chi connectivity index (χ3v) is 2.17. The van der Waals surface area contributed by atoms with Gasteiger partial charge in [-0.05, 0) is 6.92 Å². The van der Waals surface area contributed by atoms with Gasteiger partial charge in [0.15, 0.2) is 0 Å². The van der Waals surface area contributed by atoms with Crippen molar-refractivity contribution in [2.24, 2.45) is 0 Å². The minimum absolute atomic E-state index is 0.116. The van der Waals surface area contributed by atoms with Crippen LogP contribution in [0.2, 0.25) is 0 Å². The summed E-state index contributed by atoms with van der Waals surface area (Å²) in [6.07, 6.45) is -2.68. The van der Waals surface area contributed by atoms with Gasteiger partial charge < -0.3 is 9.47 Å². The minimum Gasteiger partial charge on any atom is -0.496 e. The highest BCUT2D eigenvalue weighted by molar-refractivity contribution is 5.73. The van der Waals surface area contributed by atoms with Gasteiger partial charge in [-0.3, -0.25) is 4.79 Å². The van der Waals surface area contributed by atoms with Crippen molar-refractivity contribution in [3.8, 4) is 5.75 Å². The van der Waals surface area contributed by atoms with Crippen molar-refractivity contribution >= 4 is 5.97 Å². The molecule has 0 aliphatic carbocycles. The van der Waals surface area contributed by atoms with Crippen LogP contribution in [0.25, 0.3) is 0 Å². The number of hydrogen-bond donors (Lipinski definition) is 0. The lowest BCUT2D eigenvalue weighted by atomic mass is 10.1. The number of halogens is 3. The monoisotopic (exact) mass is 263 g/mol. The van der Waals surface area contributed by atoms with Gasteiger partial charge in [-0.2, -0.15) is 4.39 Å². The zero-order chi connectivity index (χ0) is 13.7. The summed E-state index contributed by atoms with van der Waals surface area (Å²) in [5.74, 6) is -2.13. The molecule has 1 heterocycles. The van der Waals surface area contributed by atoms with Gasteiger partial charge in [-0.15, -0.1) is 0 Å². The maximum atomic E-state index is 13.4. The molecule has 0 atom stereocenters. The first-order valence-electron chi connectivity index (χ1n) is 5.16. The average molecular weight is 263 g/mol. The van der Waals surface area contributed by atoms with Gasteiger partial charge in [0.05, 0.1) is 31.3 Å². The van der Waals surface area contributed by atoms with E-state index in [1.807, 2.05) is 0 Å². The molecule has 1 aromatic heterocycles. The van der Waals surface area contributed by atoms with E-state index in [4.69, 9.17) is 4.74 Å². The molecule has 0 N–H and O–H groups in total. The standard InChI is InChI=1S/C11H12F3NO3/c1-3-18-8(16)4-6-9(17-2)7(10(12)13)5-15-11(6)14/h5,10H,3-4H2,1-2H3. The predicted octanol–water partition coefficient (Wildman–Crippen LogP) is 2.27. The second-order valence-electron chi connectivity index (χ2n) is 3.30. The van der Waals surface area contributed by atoms with Crippen LogP contribution in [-0.4, -0.2) is 24.7 Å². The lowest BCUT2D eigenvalue weighted by Crippen LogP contribution is -2.12. The van der Waals surface area contributed by atoms with E-state index in [0.717, 1.165) is 7.11 Å². The molecular weight excluding hydrogens is 251 g/mol. The van der Waals surface area contributed by atoms with Crippen molar-refractivity contribution in [1.82, 2.24) is 4.98 Å². The first kappa shape index (κ1) is 14.3. The maximum Gasteiger partial charge on any atom is 0.310 e. The summed E-state index contributed by atoms with van der Waals surface area (Å²) < 4.78 is 48.1. The Hall–Kier alpha value is -1.79. The SMILES string of the molecule is CCOC(=O)Cc1c(F)ncc(C(F)F)c1OC. The van der Waals surface area contributed by atoms with Gasteiger partial charge in [-0.1, -0.05) is 0 Å². The van der Waals surface area contributed by atoms with E-state index in [1.165, 1.54) is 0 Å². The van der Waals surface area contributed by atoms with Crippen LogP contribution in [0.4, 0.5) is 13.2 Å². The van der Waals surface area contributed by atoms with E-state index in [-0.39, 0.29) is 17.9 Å². The fourth-order valence-electron chi connectivity index (χ4n) is 1.44. The molecule has 0 radical (unpaired) electrons. The number of alkyl halides is 2. The highest BCUT2D eigenvalue weighted by atomic mass is 19.3. The van der Waals surface area contributed by atoms with Crippen molar-refractivity contribution in [1.29, 1.82) is 0 Å². The van der Waals surface area contributed by atoms with E-state index < -0.39 is 30.3 Å². The molecule has 0 spiro atoms. The lowest BCUT2D eigenvalue weighted by Gasteiger charge is -2.12. The molecule has 0 fully saturated rings. The minimum atomic E-state index is -2.87. The lowest BCUT2D eigenvalue weighted by molar-refractivity contribution is -0.142. The van der Waals surface area contributed by atoms with E-state index >= 15 is 0 Å². The Kier molecular flexibility index (Phi) is 4.94. The third kappa shape index (κ3) is 3.12. The summed E-state index contributed by atoms with van der Waals surface area (Å²) in [5, 5.41) is 0. The Morgan fingerprint density at radius 1 is 1.50 bits per heavy atom. The number of pyridine rings is 1. The Morgan fingerprint density at radius 3 is 2.67 bits per heavy atom. The summed E-state index contributed by atoms with van der Waals surface area (Å²) in [6.45, 7) is 1.70. The van der Waals surface area contributed by atoms with E-state index in [0.29, 0.717) is 6.20 Å². The van der Waals surface area contributed by atoms with Gasteiger partial charge in [0.25, 0.3) is 6.43 Å². The molecule has 7 heteroatoms. The zero-order valence-corrected chi connectivity index (χ0v) is 9.87. The van der Waals surface area contributed by atoms with Crippen molar-refractivity contribution in [2.45, 2.75) is 19.8 Å². The normalized spacial score (nSPS) is 10.6. The summed E-state index contributed by atoms with van der Waals surface area (Å²) in [7, 11) is 1.12. The number of esters is 1.